The van der Waals surface area contributed by atoms with Crippen LogP contribution in [-0.2, 0) is 5.75 Å². The van der Waals surface area contributed by atoms with Crippen molar-refractivity contribution < 1.29 is 9.15 Å². The van der Waals surface area contributed by atoms with E-state index in [0.29, 0.717) is 24.1 Å². The first-order valence-electron chi connectivity index (χ1n) is 10.4. The fourth-order valence-electron chi connectivity index (χ4n) is 2.88. The molecule has 0 spiro atoms. The van der Waals surface area contributed by atoms with Crippen LogP contribution in [0.15, 0.2) is 65.1 Å². The van der Waals surface area contributed by atoms with E-state index in [1.807, 2.05) is 42.5 Å². The van der Waals surface area contributed by atoms with Gasteiger partial charge in [-0.1, -0.05) is 56.3 Å². The molecule has 1 heterocycles. The fraction of sp³-hybridized carbons (Fsp3) is 0.333. The Bertz CT molecular complexity index is 890. The summed E-state index contributed by atoms with van der Waals surface area (Å²) in [7, 11) is 0. The van der Waals surface area contributed by atoms with Crippen LogP contribution in [0.2, 0.25) is 0 Å². The van der Waals surface area contributed by atoms with Crippen LogP contribution in [0.1, 0.15) is 25.3 Å². The van der Waals surface area contributed by atoms with E-state index in [2.05, 4.69) is 53.2 Å². The topological polar surface area (TPSA) is 51.4 Å². The molecule has 0 unspecified atom stereocenters. The minimum Gasteiger partial charge on any atom is -0.493 e. The third kappa shape index (κ3) is 7.04. The Kier molecular flexibility index (Phi) is 9.00. The highest BCUT2D eigenvalue weighted by molar-refractivity contribution is 7.98. The van der Waals surface area contributed by atoms with Gasteiger partial charge in [0.05, 0.1) is 12.4 Å². The van der Waals surface area contributed by atoms with Crippen LogP contribution in [0.3, 0.4) is 0 Å². The third-order valence-electron chi connectivity index (χ3n) is 4.66. The summed E-state index contributed by atoms with van der Waals surface area (Å²) >= 11 is 1.72. The van der Waals surface area contributed by atoms with Gasteiger partial charge in [-0.3, -0.25) is 0 Å². The van der Waals surface area contributed by atoms with Crippen LogP contribution >= 0.6 is 11.8 Å². The van der Waals surface area contributed by atoms with Crippen LogP contribution < -0.4 is 4.74 Å². The summed E-state index contributed by atoms with van der Waals surface area (Å²) in [5, 5.41) is 8.34. The summed E-state index contributed by atoms with van der Waals surface area (Å²) in [5.41, 5.74) is 2.10. The van der Waals surface area contributed by atoms with E-state index in [9.17, 15) is 0 Å². The zero-order valence-electron chi connectivity index (χ0n) is 17.7. The first-order chi connectivity index (χ1) is 14.8. The van der Waals surface area contributed by atoms with Gasteiger partial charge in [-0.25, -0.2) is 0 Å². The summed E-state index contributed by atoms with van der Waals surface area (Å²) in [5.74, 6) is 3.63. The van der Waals surface area contributed by atoms with Crippen molar-refractivity contribution in [1.82, 2.24) is 15.1 Å². The van der Waals surface area contributed by atoms with Gasteiger partial charge in [0.1, 0.15) is 5.75 Å². The molecule has 3 rings (SSSR count). The van der Waals surface area contributed by atoms with Crippen LogP contribution in [-0.4, -0.2) is 47.1 Å². The molecule has 0 bridgehead atoms. The molecule has 1 aromatic heterocycles. The van der Waals surface area contributed by atoms with E-state index in [-0.39, 0.29) is 0 Å². The van der Waals surface area contributed by atoms with E-state index >= 15 is 0 Å². The molecule has 0 aliphatic heterocycles. The van der Waals surface area contributed by atoms with Crippen LogP contribution in [0.4, 0.5) is 0 Å². The monoisotopic (exact) mass is 423 g/mol. The minimum absolute atomic E-state index is 0.560. The normalized spacial score (nSPS) is 11.4. The molecule has 0 fully saturated rings. The average molecular weight is 424 g/mol. The second kappa shape index (κ2) is 12.2. The molecule has 0 radical (unpaired) electrons. The number of aromatic nitrogens is 2. The summed E-state index contributed by atoms with van der Waals surface area (Å²) in [6.45, 7) is 8.12. The predicted molar refractivity (Wildman–Crippen MR) is 125 cm³/mol. The van der Waals surface area contributed by atoms with Crippen LogP contribution in [0, 0.1) is 0 Å². The van der Waals surface area contributed by atoms with Gasteiger partial charge in [0.25, 0.3) is 0 Å². The summed E-state index contributed by atoms with van der Waals surface area (Å²) < 4.78 is 11.5. The van der Waals surface area contributed by atoms with Crippen molar-refractivity contribution in [3.8, 4) is 17.2 Å². The van der Waals surface area contributed by atoms with Gasteiger partial charge in [0, 0.05) is 17.9 Å². The number of benzene rings is 2. The van der Waals surface area contributed by atoms with Crippen molar-refractivity contribution >= 4 is 17.8 Å². The fourth-order valence-corrected chi connectivity index (χ4v) is 3.52. The van der Waals surface area contributed by atoms with Crippen LogP contribution in [0.25, 0.3) is 17.5 Å². The second-order valence-electron chi connectivity index (χ2n) is 6.73. The molecular formula is C24H29N3O2S. The number of thioether (sulfide) groups is 1. The lowest BCUT2D eigenvalue weighted by Gasteiger charge is -2.14. The largest absolute Gasteiger partial charge is 0.493 e. The van der Waals surface area contributed by atoms with Crippen molar-refractivity contribution in [2.24, 2.45) is 0 Å². The molecule has 0 N–H and O–H groups in total. The first-order valence-corrected chi connectivity index (χ1v) is 11.5. The molecular weight excluding hydrogens is 394 g/mol. The number of likely N-dealkylation sites (N-methyl/N-ethyl adjacent to an activating group) is 1. The molecule has 2 aromatic carbocycles. The highest BCUT2D eigenvalue weighted by atomic mass is 32.2. The van der Waals surface area contributed by atoms with Crippen molar-refractivity contribution in [2.45, 2.75) is 19.6 Å². The number of rotatable bonds is 12. The quantitative estimate of drug-likeness (QED) is 0.363. The Labute approximate surface area is 183 Å². The van der Waals surface area contributed by atoms with E-state index < -0.39 is 0 Å². The number of hydrogen-bond acceptors (Lipinski definition) is 6. The van der Waals surface area contributed by atoms with E-state index in [4.69, 9.17) is 9.15 Å². The van der Waals surface area contributed by atoms with E-state index in [1.54, 1.807) is 11.8 Å². The van der Waals surface area contributed by atoms with Crippen molar-refractivity contribution in [3.05, 3.63) is 72.1 Å². The molecule has 6 heteroatoms. The second-order valence-corrected chi connectivity index (χ2v) is 7.83. The average Bonchev–Trinajstić information content (AvgIpc) is 3.27. The number of hydrogen-bond donors (Lipinski definition) is 0. The van der Waals surface area contributed by atoms with Gasteiger partial charge in [-0.2, -0.15) is 0 Å². The minimum atomic E-state index is 0.560. The lowest BCUT2D eigenvalue weighted by molar-refractivity contribution is 0.338. The Hall–Kier alpha value is -2.57. The smallest absolute Gasteiger partial charge is 0.247 e. The lowest BCUT2D eigenvalue weighted by atomic mass is 10.1. The Morgan fingerprint density at radius 2 is 1.77 bits per heavy atom. The summed E-state index contributed by atoms with van der Waals surface area (Å²) in [4.78, 5) is 2.37. The maximum Gasteiger partial charge on any atom is 0.247 e. The maximum absolute atomic E-state index is 5.81. The Balaban J connectivity index is 1.43. The lowest BCUT2D eigenvalue weighted by Crippen LogP contribution is -2.22. The van der Waals surface area contributed by atoms with E-state index in [1.165, 1.54) is 5.56 Å². The SMILES string of the molecule is CCN(CC)C/C=C/c1ccc(-c2nnc(CSCCOc3ccccc3)o2)cc1. The summed E-state index contributed by atoms with van der Waals surface area (Å²) in [6, 6.07) is 18.0. The van der Waals surface area contributed by atoms with Gasteiger partial charge in [0.2, 0.25) is 11.8 Å². The first kappa shape index (κ1) is 22.1. The zero-order valence-corrected chi connectivity index (χ0v) is 18.5. The van der Waals surface area contributed by atoms with Crippen molar-refractivity contribution in [3.63, 3.8) is 0 Å². The van der Waals surface area contributed by atoms with Gasteiger partial charge in [0.15, 0.2) is 0 Å². The zero-order chi connectivity index (χ0) is 21.0. The standard InChI is InChI=1S/C24H29N3O2S/c1-3-27(4-2)16-8-9-20-12-14-21(15-13-20)24-26-25-23(29-24)19-30-18-17-28-22-10-6-5-7-11-22/h5-15H,3-4,16-19H2,1-2H3/b9-8+. The highest BCUT2D eigenvalue weighted by Crippen LogP contribution is 2.21. The number of nitrogens with zero attached hydrogens (tertiary/aromatic N) is 3. The van der Waals surface area contributed by atoms with Crippen molar-refractivity contribution in [2.75, 3.05) is 32.0 Å². The molecule has 30 heavy (non-hydrogen) atoms. The van der Waals surface area contributed by atoms with E-state index in [0.717, 1.165) is 36.7 Å². The molecule has 0 saturated carbocycles. The number of ether oxygens (including phenoxy) is 1. The highest BCUT2D eigenvalue weighted by Gasteiger charge is 2.08. The third-order valence-corrected chi connectivity index (χ3v) is 5.56. The molecule has 0 atom stereocenters. The predicted octanol–water partition coefficient (Wildman–Crippen LogP) is 5.40. The van der Waals surface area contributed by atoms with Gasteiger partial charge in [-0.05, 0) is 42.9 Å². The molecule has 0 aliphatic carbocycles. The van der Waals surface area contributed by atoms with Gasteiger partial charge >= 0.3 is 0 Å². The molecule has 5 nitrogen and oxygen atoms in total. The van der Waals surface area contributed by atoms with Crippen LogP contribution in [0.5, 0.6) is 5.75 Å². The van der Waals surface area contributed by atoms with Gasteiger partial charge < -0.3 is 14.1 Å². The maximum atomic E-state index is 5.81. The molecule has 0 aliphatic rings. The van der Waals surface area contributed by atoms with Crippen molar-refractivity contribution in [1.29, 1.82) is 0 Å². The molecule has 0 amide bonds. The molecule has 158 valence electrons. The summed E-state index contributed by atoms with van der Waals surface area (Å²) in [6.07, 6.45) is 4.35. The van der Waals surface area contributed by atoms with Gasteiger partial charge in [-0.15, -0.1) is 22.0 Å². The molecule has 3 aromatic rings. The Morgan fingerprint density at radius 3 is 2.50 bits per heavy atom. The number of para-hydroxylation sites is 1. The Morgan fingerprint density at radius 1 is 1.00 bits per heavy atom. The molecule has 0 saturated heterocycles.